The average molecular weight is 331 g/mol. The quantitative estimate of drug-likeness (QED) is 0.646. The molecule has 0 radical (unpaired) electrons. The van der Waals surface area contributed by atoms with Crippen LogP contribution in [0.4, 0.5) is 0 Å². The van der Waals surface area contributed by atoms with Crippen LogP contribution < -0.4 is 5.73 Å². The van der Waals surface area contributed by atoms with E-state index in [2.05, 4.69) is 33.0 Å². The van der Waals surface area contributed by atoms with E-state index in [1.165, 1.54) is 5.56 Å². The van der Waals surface area contributed by atoms with E-state index in [-0.39, 0.29) is 0 Å². The van der Waals surface area contributed by atoms with Gasteiger partial charge < -0.3 is 10.3 Å². The van der Waals surface area contributed by atoms with Gasteiger partial charge in [0.2, 0.25) is 5.82 Å². The highest BCUT2D eigenvalue weighted by atomic mass is 32.1. The Labute approximate surface area is 137 Å². The van der Waals surface area contributed by atoms with Crippen molar-refractivity contribution in [2.45, 2.75) is 19.3 Å². The van der Waals surface area contributed by atoms with Crippen molar-refractivity contribution < 1.29 is 4.52 Å². The van der Waals surface area contributed by atoms with Crippen molar-refractivity contribution in [1.29, 1.82) is 0 Å². The second-order valence-electron chi connectivity index (χ2n) is 4.87. The van der Waals surface area contributed by atoms with E-state index in [0.717, 1.165) is 29.7 Å². The number of hydrogen-bond acceptors (Lipinski definition) is 6. The first-order valence-electron chi connectivity index (χ1n) is 7.17. The molecule has 4 nitrogen and oxygen atoms in total. The number of allylic oxidation sites excluding steroid dienone is 1. The van der Waals surface area contributed by atoms with Gasteiger partial charge in [0.25, 0.3) is 5.89 Å². The second kappa shape index (κ2) is 7.49. The minimum Gasteiger partial charge on any atom is -0.334 e. The van der Waals surface area contributed by atoms with E-state index >= 15 is 0 Å². The lowest BCUT2D eigenvalue weighted by atomic mass is 10.1. The third-order valence-electron chi connectivity index (χ3n) is 3.23. The minimum atomic E-state index is 0.603. The van der Waals surface area contributed by atoms with Crippen LogP contribution in [0.1, 0.15) is 30.7 Å². The molecular weight excluding hydrogens is 314 g/mol. The summed E-state index contributed by atoms with van der Waals surface area (Å²) in [5.74, 6) is 1.26. The lowest BCUT2D eigenvalue weighted by molar-refractivity contribution is 0.407. The Morgan fingerprint density at radius 1 is 1.27 bits per heavy atom. The Bertz CT molecular complexity index is 715. The van der Waals surface area contributed by atoms with Crippen molar-refractivity contribution in [3.05, 3.63) is 45.8 Å². The summed E-state index contributed by atoms with van der Waals surface area (Å²) in [6.45, 7) is 0.704. The van der Waals surface area contributed by atoms with Crippen molar-refractivity contribution in [1.82, 2.24) is 10.1 Å². The first-order valence-corrected chi connectivity index (χ1v) is 9.00. The summed E-state index contributed by atoms with van der Waals surface area (Å²) in [7, 11) is 0. The Morgan fingerprint density at radius 3 is 2.95 bits per heavy atom. The smallest absolute Gasteiger partial charge is 0.254 e. The van der Waals surface area contributed by atoms with Crippen LogP contribution in [-0.2, 0) is 0 Å². The molecule has 3 heterocycles. The molecule has 3 rings (SSSR count). The van der Waals surface area contributed by atoms with Crippen molar-refractivity contribution >= 4 is 34.3 Å². The molecule has 0 aromatic carbocycles. The molecule has 2 N–H and O–H groups in total. The van der Waals surface area contributed by atoms with Gasteiger partial charge in [-0.3, -0.25) is 0 Å². The van der Waals surface area contributed by atoms with Gasteiger partial charge in [-0.1, -0.05) is 11.2 Å². The molecule has 0 aliphatic carbocycles. The summed E-state index contributed by atoms with van der Waals surface area (Å²) in [5.41, 5.74) is 7.83. The predicted molar refractivity (Wildman–Crippen MR) is 92.7 cm³/mol. The first-order chi connectivity index (χ1) is 10.9. The molecule has 0 atom stereocenters. The SMILES string of the molecule is NCCCC/C(=C\c1ccsc1)c1nc(-c2cccs2)no1. The number of unbranched alkanes of at least 4 members (excludes halogenated alkanes) is 1. The van der Waals surface area contributed by atoms with E-state index in [0.29, 0.717) is 18.3 Å². The van der Waals surface area contributed by atoms with Gasteiger partial charge in [-0.15, -0.1) is 11.3 Å². The van der Waals surface area contributed by atoms with Crippen LogP contribution in [-0.4, -0.2) is 16.7 Å². The lowest BCUT2D eigenvalue weighted by Crippen LogP contribution is -1.98. The number of aromatic nitrogens is 2. The summed E-state index contributed by atoms with van der Waals surface area (Å²) >= 11 is 3.29. The van der Waals surface area contributed by atoms with Crippen LogP contribution >= 0.6 is 22.7 Å². The normalized spacial score (nSPS) is 12.0. The highest BCUT2D eigenvalue weighted by Crippen LogP contribution is 2.27. The largest absolute Gasteiger partial charge is 0.334 e. The topological polar surface area (TPSA) is 64.9 Å². The van der Waals surface area contributed by atoms with Crippen LogP contribution in [0.5, 0.6) is 0 Å². The van der Waals surface area contributed by atoms with Gasteiger partial charge in [0, 0.05) is 5.57 Å². The van der Waals surface area contributed by atoms with Crippen molar-refractivity contribution in [2.75, 3.05) is 6.54 Å². The highest BCUT2D eigenvalue weighted by Gasteiger charge is 2.13. The van der Waals surface area contributed by atoms with Crippen LogP contribution in [0.3, 0.4) is 0 Å². The van der Waals surface area contributed by atoms with Gasteiger partial charge >= 0.3 is 0 Å². The summed E-state index contributed by atoms with van der Waals surface area (Å²) in [6, 6.07) is 6.07. The molecule has 114 valence electrons. The monoisotopic (exact) mass is 331 g/mol. The zero-order valence-electron chi connectivity index (χ0n) is 12.1. The van der Waals surface area contributed by atoms with Crippen molar-refractivity contribution in [3.63, 3.8) is 0 Å². The van der Waals surface area contributed by atoms with Gasteiger partial charge in [0.1, 0.15) is 0 Å². The molecule has 0 unspecified atom stereocenters. The molecule has 0 spiro atoms. The molecule has 22 heavy (non-hydrogen) atoms. The highest BCUT2D eigenvalue weighted by molar-refractivity contribution is 7.13. The fraction of sp³-hybridized carbons (Fsp3) is 0.250. The molecular formula is C16H17N3OS2. The first kappa shape index (κ1) is 15.1. The fourth-order valence-electron chi connectivity index (χ4n) is 2.12. The predicted octanol–water partition coefficient (Wildman–Crippen LogP) is 4.53. The van der Waals surface area contributed by atoms with E-state index < -0.39 is 0 Å². The van der Waals surface area contributed by atoms with Crippen LogP contribution in [0.25, 0.3) is 22.4 Å². The van der Waals surface area contributed by atoms with E-state index in [1.807, 2.05) is 17.5 Å². The molecule has 0 fully saturated rings. The second-order valence-corrected chi connectivity index (χ2v) is 6.60. The Kier molecular flexibility index (Phi) is 5.15. The lowest BCUT2D eigenvalue weighted by Gasteiger charge is -2.01. The number of nitrogens with zero attached hydrogens (tertiary/aromatic N) is 2. The third kappa shape index (κ3) is 3.71. The van der Waals surface area contributed by atoms with Gasteiger partial charge in [-0.05, 0) is 65.7 Å². The summed E-state index contributed by atoms with van der Waals surface area (Å²) in [5, 5.41) is 10.3. The zero-order chi connectivity index (χ0) is 15.2. The number of hydrogen-bond donors (Lipinski definition) is 1. The van der Waals surface area contributed by atoms with Crippen LogP contribution in [0, 0.1) is 0 Å². The Balaban J connectivity index is 1.85. The van der Waals surface area contributed by atoms with E-state index in [4.69, 9.17) is 10.3 Å². The molecule has 3 aromatic heterocycles. The summed E-state index contributed by atoms with van der Waals surface area (Å²) in [4.78, 5) is 5.57. The molecule has 6 heteroatoms. The van der Waals surface area contributed by atoms with E-state index in [9.17, 15) is 0 Å². The zero-order valence-corrected chi connectivity index (χ0v) is 13.7. The number of rotatable bonds is 7. The molecule has 0 bridgehead atoms. The Morgan fingerprint density at radius 2 is 2.23 bits per heavy atom. The van der Waals surface area contributed by atoms with Crippen LogP contribution in [0.2, 0.25) is 0 Å². The molecule has 0 saturated heterocycles. The molecule has 0 amide bonds. The van der Waals surface area contributed by atoms with Crippen molar-refractivity contribution in [2.24, 2.45) is 5.73 Å². The molecule has 0 saturated carbocycles. The summed E-state index contributed by atoms with van der Waals surface area (Å²) in [6.07, 6.45) is 5.02. The third-order valence-corrected chi connectivity index (χ3v) is 4.79. The minimum absolute atomic E-state index is 0.603. The maximum atomic E-state index is 5.59. The molecule has 3 aromatic rings. The average Bonchev–Trinajstić information content (AvgIpc) is 3.27. The maximum Gasteiger partial charge on any atom is 0.254 e. The van der Waals surface area contributed by atoms with Crippen molar-refractivity contribution in [3.8, 4) is 10.7 Å². The molecule has 0 aliphatic heterocycles. The standard InChI is InChI=1S/C16H17N3OS2/c17-7-2-1-4-13(10-12-6-9-21-11-12)16-18-15(19-20-16)14-5-3-8-22-14/h3,5-6,8-11H,1-2,4,7,17H2/b13-10+. The van der Waals surface area contributed by atoms with E-state index in [1.54, 1.807) is 22.7 Å². The van der Waals surface area contributed by atoms with Gasteiger partial charge in [0.05, 0.1) is 4.88 Å². The Hall–Kier alpha value is -1.76. The maximum absolute atomic E-state index is 5.59. The van der Waals surface area contributed by atoms with Gasteiger partial charge in [0.15, 0.2) is 0 Å². The molecule has 0 aliphatic rings. The summed E-state index contributed by atoms with van der Waals surface area (Å²) < 4.78 is 5.48. The van der Waals surface area contributed by atoms with Crippen LogP contribution in [0.15, 0.2) is 38.9 Å². The van der Waals surface area contributed by atoms with Gasteiger partial charge in [-0.25, -0.2) is 0 Å². The number of thiophene rings is 2. The fourth-order valence-corrected chi connectivity index (χ4v) is 3.39. The van der Waals surface area contributed by atoms with Gasteiger partial charge in [-0.2, -0.15) is 16.3 Å². The number of nitrogens with two attached hydrogens (primary N) is 1.